The fourth-order valence-corrected chi connectivity index (χ4v) is 3.74. The zero-order valence-corrected chi connectivity index (χ0v) is 14.5. The van der Waals surface area contributed by atoms with E-state index in [0.717, 1.165) is 19.3 Å². The number of nitrogens with one attached hydrogen (secondary N) is 2. The first-order valence-corrected chi connectivity index (χ1v) is 8.76. The van der Waals surface area contributed by atoms with Gasteiger partial charge in [-0.05, 0) is 48.9 Å². The second-order valence-electron chi connectivity index (χ2n) is 5.96. The number of aryl methyl sites for hydroxylation is 1. The van der Waals surface area contributed by atoms with E-state index < -0.39 is 24.4 Å². The first-order chi connectivity index (χ1) is 12.0. The Balaban J connectivity index is 1.46. The van der Waals surface area contributed by atoms with Crippen LogP contribution < -0.4 is 10.9 Å². The molecule has 2 aromatic rings. The van der Waals surface area contributed by atoms with Crippen LogP contribution >= 0.6 is 11.3 Å². The van der Waals surface area contributed by atoms with Crippen molar-refractivity contribution in [1.82, 2.24) is 10.9 Å². The smallest absolute Gasteiger partial charge is 0.348 e. The van der Waals surface area contributed by atoms with E-state index in [9.17, 15) is 14.4 Å². The van der Waals surface area contributed by atoms with Gasteiger partial charge in [-0.3, -0.25) is 20.4 Å². The molecule has 132 valence electrons. The normalized spacial score (nSPS) is 16.0. The van der Waals surface area contributed by atoms with Crippen LogP contribution in [0.4, 0.5) is 0 Å². The second-order valence-corrected chi connectivity index (χ2v) is 7.10. The molecule has 2 heterocycles. The second kappa shape index (κ2) is 7.52. The summed E-state index contributed by atoms with van der Waals surface area (Å²) in [5.41, 5.74) is 5.53. The van der Waals surface area contributed by atoms with Crippen LogP contribution in [0.25, 0.3) is 0 Å². The number of rotatable bonds is 4. The lowest BCUT2D eigenvalue weighted by atomic mass is 9.90. The fraction of sp³-hybridized carbons (Fsp3) is 0.353. The van der Waals surface area contributed by atoms with Gasteiger partial charge < -0.3 is 9.15 Å². The monoisotopic (exact) mass is 362 g/mol. The predicted molar refractivity (Wildman–Crippen MR) is 90.1 cm³/mol. The van der Waals surface area contributed by atoms with Crippen molar-refractivity contribution in [3.8, 4) is 0 Å². The molecular weight excluding hydrogens is 344 g/mol. The summed E-state index contributed by atoms with van der Waals surface area (Å²) in [7, 11) is 0. The third-order valence-electron chi connectivity index (χ3n) is 3.93. The van der Waals surface area contributed by atoms with Crippen LogP contribution in [0.5, 0.6) is 0 Å². The summed E-state index contributed by atoms with van der Waals surface area (Å²) in [4.78, 5) is 37.1. The largest absolute Gasteiger partial charge is 0.459 e. The van der Waals surface area contributed by atoms with Crippen molar-refractivity contribution >= 4 is 29.1 Å². The zero-order valence-electron chi connectivity index (χ0n) is 13.7. The molecule has 2 aromatic heterocycles. The minimum absolute atomic E-state index is 0.0655. The summed E-state index contributed by atoms with van der Waals surface area (Å²) in [6.07, 6.45) is 4.42. The van der Waals surface area contributed by atoms with Gasteiger partial charge in [0, 0.05) is 4.88 Å². The van der Waals surface area contributed by atoms with Crippen LogP contribution in [0.2, 0.25) is 0 Å². The Morgan fingerprint density at radius 3 is 2.96 bits per heavy atom. The van der Waals surface area contributed by atoms with Crippen LogP contribution in [-0.4, -0.2) is 24.4 Å². The Kier molecular flexibility index (Phi) is 5.18. The van der Waals surface area contributed by atoms with Gasteiger partial charge in [0.1, 0.15) is 4.88 Å². The number of hydrazine groups is 1. The fourth-order valence-electron chi connectivity index (χ4n) is 2.64. The van der Waals surface area contributed by atoms with Gasteiger partial charge in [0.05, 0.1) is 6.26 Å². The molecule has 0 saturated heterocycles. The molecule has 7 nitrogen and oxygen atoms in total. The van der Waals surface area contributed by atoms with Gasteiger partial charge in [0.2, 0.25) is 0 Å². The van der Waals surface area contributed by atoms with E-state index >= 15 is 0 Å². The third-order valence-corrected chi connectivity index (χ3v) is 5.14. The Bertz CT molecular complexity index is 781. The maximum Gasteiger partial charge on any atom is 0.348 e. The zero-order chi connectivity index (χ0) is 17.8. The van der Waals surface area contributed by atoms with Crippen molar-refractivity contribution in [2.24, 2.45) is 5.92 Å². The highest BCUT2D eigenvalue weighted by Crippen LogP contribution is 2.32. The van der Waals surface area contributed by atoms with E-state index in [1.54, 1.807) is 6.07 Å². The van der Waals surface area contributed by atoms with E-state index in [4.69, 9.17) is 9.15 Å². The molecule has 25 heavy (non-hydrogen) atoms. The van der Waals surface area contributed by atoms with Crippen LogP contribution in [0, 0.1) is 5.92 Å². The minimum Gasteiger partial charge on any atom is -0.459 e. The number of hydrogen-bond donors (Lipinski definition) is 2. The topological polar surface area (TPSA) is 97.6 Å². The number of thiophene rings is 1. The Hall–Kier alpha value is -2.61. The number of carbonyl (C=O) groups excluding carboxylic acids is 3. The third kappa shape index (κ3) is 4.27. The molecular formula is C17H18N2O5S. The van der Waals surface area contributed by atoms with Crippen molar-refractivity contribution < 1.29 is 23.5 Å². The number of hydrogen-bond acceptors (Lipinski definition) is 6. The van der Waals surface area contributed by atoms with Gasteiger partial charge in [-0.1, -0.05) is 6.92 Å². The maximum atomic E-state index is 12.1. The van der Waals surface area contributed by atoms with Crippen molar-refractivity contribution in [1.29, 1.82) is 0 Å². The van der Waals surface area contributed by atoms with Gasteiger partial charge in [0.15, 0.2) is 12.4 Å². The molecule has 0 saturated carbocycles. The Labute approximate surface area is 148 Å². The first-order valence-electron chi connectivity index (χ1n) is 7.94. The average Bonchev–Trinajstić information content (AvgIpc) is 3.26. The Morgan fingerprint density at radius 2 is 2.20 bits per heavy atom. The molecule has 3 rings (SSSR count). The van der Waals surface area contributed by atoms with Gasteiger partial charge >= 0.3 is 11.9 Å². The quantitative estimate of drug-likeness (QED) is 0.641. The molecule has 0 unspecified atom stereocenters. The van der Waals surface area contributed by atoms with E-state index in [1.165, 1.54) is 34.1 Å². The molecule has 0 spiro atoms. The number of ether oxygens (including phenoxy) is 1. The molecule has 1 atom stereocenters. The molecule has 0 aromatic carbocycles. The van der Waals surface area contributed by atoms with Gasteiger partial charge in [0.25, 0.3) is 5.91 Å². The summed E-state index contributed by atoms with van der Waals surface area (Å²) in [6, 6.07) is 4.87. The highest BCUT2D eigenvalue weighted by atomic mass is 32.1. The van der Waals surface area contributed by atoms with Gasteiger partial charge in [-0.15, -0.1) is 11.3 Å². The van der Waals surface area contributed by atoms with Crippen LogP contribution in [0.1, 0.15) is 44.0 Å². The lowest BCUT2D eigenvalue weighted by molar-refractivity contribution is -0.125. The summed E-state index contributed by atoms with van der Waals surface area (Å²) >= 11 is 1.43. The molecule has 0 fully saturated rings. The summed E-state index contributed by atoms with van der Waals surface area (Å²) in [5, 5.41) is 0. The summed E-state index contributed by atoms with van der Waals surface area (Å²) < 4.78 is 9.89. The number of amides is 2. The van der Waals surface area contributed by atoms with Crippen LogP contribution in [-0.2, 0) is 22.4 Å². The van der Waals surface area contributed by atoms with Crippen molar-refractivity contribution in [3.05, 3.63) is 45.5 Å². The van der Waals surface area contributed by atoms with E-state index in [-0.39, 0.29) is 5.76 Å². The van der Waals surface area contributed by atoms with Crippen molar-refractivity contribution in [2.75, 3.05) is 6.61 Å². The van der Waals surface area contributed by atoms with E-state index in [1.807, 2.05) is 6.07 Å². The van der Waals surface area contributed by atoms with Gasteiger partial charge in [-0.25, -0.2) is 4.79 Å². The van der Waals surface area contributed by atoms with Crippen LogP contribution in [0.3, 0.4) is 0 Å². The molecule has 1 aliphatic carbocycles. The number of carbonyl (C=O) groups is 3. The SMILES string of the molecule is C[C@H]1CCc2sc(C(=O)OCC(=O)NNC(=O)c3ccco3)cc2C1. The summed E-state index contributed by atoms with van der Waals surface area (Å²) in [5.74, 6) is -1.07. The lowest BCUT2D eigenvalue weighted by Gasteiger charge is -2.16. The first kappa shape index (κ1) is 17.2. The standard InChI is InChI=1S/C17H18N2O5S/c1-10-4-5-13-11(7-10)8-14(25-13)17(22)24-9-15(20)18-19-16(21)12-3-2-6-23-12/h2-3,6,8,10H,4-5,7,9H2,1H3,(H,18,20)(H,19,21)/t10-/m0/s1. The molecule has 1 aliphatic rings. The van der Waals surface area contributed by atoms with Crippen LogP contribution in [0.15, 0.2) is 28.9 Å². The maximum absolute atomic E-state index is 12.1. The van der Waals surface area contributed by atoms with E-state index in [0.29, 0.717) is 10.8 Å². The molecule has 2 N–H and O–H groups in total. The predicted octanol–water partition coefficient (Wildman–Crippen LogP) is 2.08. The van der Waals surface area contributed by atoms with Gasteiger partial charge in [-0.2, -0.15) is 0 Å². The average molecular weight is 362 g/mol. The summed E-state index contributed by atoms with van der Waals surface area (Å²) in [6.45, 7) is 1.72. The number of esters is 1. The molecule has 0 aliphatic heterocycles. The molecule has 8 heteroatoms. The molecule has 2 amide bonds. The Morgan fingerprint density at radius 1 is 1.36 bits per heavy atom. The molecule has 0 bridgehead atoms. The minimum atomic E-state index is -0.636. The highest BCUT2D eigenvalue weighted by Gasteiger charge is 2.21. The lowest BCUT2D eigenvalue weighted by Crippen LogP contribution is -2.43. The van der Waals surface area contributed by atoms with E-state index in [2.05, 4.69) is 17.8 Å². The highest BCUT2D eigenvalue weighted by molar-refractivity contribution is 7.14. The molecule has 0 radical (unpaired) electrons. The number of fused-ring (bicyclic) bond motifs is 1. The van der Waals surface area contributed by atoms with Crippen molar-refractivity contribution in [3.63, 3.8) is 0 Å². The van der Waals surface area contributed by atoms with Crippen molar-refractivity contribution in [2.45, 2.75) is 26.2 Å². The number of furan rings is 1.